The van der Waals surface area contributed by atoms with Gasteiger partial charge in [0.1, 0.15) is 5.70 Å². The number of benzene rings is 1. The maximum atomic E-state index is 12.8. The molecule has 2 amide bonds. The van der Waals surface area contributed by atoms with E-state index < -0.39 is 21.8 Å². The molecule has 0 aliphatic carbocycles. The SMILES string of the molecule is CC1CCCN(S(=O)(=O)c2ccc(NC3=CC(=O)N(CCO)C3=O)cc2)C1. The summed E-state index contributed by atoms with van der Waals surface area (Å²) in [4.78, 5) is 25.0. The first-order valence-electron chi connectivity index (χ1n) is 8.88. The largest absolute Gasteiger partial charge is 0.395 e. The number of nitrogens with one attached hydrogen (secondary N) is 1. The van der Waals surface area contributed by atoms with Crippen LogP contribution in [0.1, 0.15) is 19.8 Å². The number of anilines is 1. The molecule has 0 bridgehead atoms. The summed E-state index contributed by atoms with van der Waals surface area (Å²) in [5, 5.41) is 11.8. The molecule has 146 valence electrons. The smallest absolute Gasteiger partial charge is 0.277 e. The van der Waals surface area contributed by atoms with E-state index in [0.717, 1.165) is 23.8 Å². The first-order chi connectivity index (χ1) is 12.8. The van der Waals surface area contributed by atoms with Crippen LogP contribution in [-0.4, -0.2) is 60.8 Å². The zero-order chi connectivity index (χ0) is 19.6. The van der Waals surface area contributed by atoms with E-state index in [2.05, 4.69) is 5.32 Å². The van der Waals surface area contributed by atoms with Crippen molar-refractivity contribution in [3.8, 4) is 0 Å². The van der Waals surface area contributed by atoms with Gasteiger partial charge < -0.3 is 10.4 Å². The fraction of sp³-hybridized carbons (Fsp3) is 0.444. The summed E-state index contributed by atoms with van der Waals surface area (Å²) >= 11 is 0. The Balaban J connectivity index is 1.72. The number of nitrogens with zero attached hydrogens (tertiary/aromatic N) is 2. The van der Waals surface area contributed by atoms with Gasteiger partial charge in [-0.05, 0) is 43.0 Å². The Morgan fingerprint density at radius 3 is 2.56 bits per heavy atom. The highest BCUT2D eigenvalue weighted by Gasteiger charge is 2.31. The molecule has 2 heterocycles. The highest BCUT2D eigenvalue weighted by atomic mass is 32.2. The van der Waals surface area contributed by atoms with Gasteiger partial charge in [0.2, 0.25) is 10.0 Å². The molecule has 8 nitrogen and oxygen atoms in total. The monoisotopic (exact) mass is 393 g/mol. The number of amides is 2. The summed E-state index contributed by atoms with van der Waals surface area (Å²) in [5.41, 5.74) is 0.591. The van der Waals surface area contributed by atoms with Crippen molar-refractivity contribution in [1.82, 2.24) is 9.21 Å². The van der Waals surface area contributed by atoms with Crippen molar-refractivity contribution in [2.24, 2.45) is 5.92 Å². The Kier molecular flexibility index (Phi) is 5.64. The zero-order valence-corrected chi connectivity index (χ0v) is 15.9. The second kappa shape index (κ2) is 7.79. The molecule has 3 rings (SSSR count). The molecule has 2 aliphatic rings. The van der Waals surface area contributed by atoms with Gasteiger partial charge in [0.25, 0.3) is 11.8 Å². The summed E-state index contributed by atoms with van der Waals surface area (Å²) in [7, 11) is -3.54. The number of aliphatic hydroxyl groups is 1. The van der Waals surface area contributed by atoms with E-state index in [4.69, 9.17) is 5.11 Å². The number of rotatable bonds is 6. The third-order valence-corrected chi connectivity index (χ3v) is 6.60. The van der Waals surface area contributed by atoms with Gasteiger partial charge in [-0.3, -0.25) is 14.5 Å². The predicted octanol–water partition coefficient (Wildman–Crippen LogP) is 0.764. The third kappa shape index (κ3) is 4.05. The molecular formula is C18H23N3O5S. The molecule has 1 fully saturated rings. The van der Waals surface area contributed by atoms with Gasteiger partial charge in [0.05, 0.1) is 18.0 Å². The van der Waals surface area contributed by atoms with Crippen LogP contribution in [0.15, 0.2) is 40.9 Å². The van der Waals surface area contributed by atoms with E-state index in [0.29, 0.717) is 24.7 Å². The molecule has 1 saturated heterocycles. The van der Waals surface area contributed by atoms with Crippen molar-refractivity contribution in [3.05, 3.63) is 36.0 Å². The molecule has 1 atom stereocenters. The van der Waals surface area contributed by atoms with E-state index in [-0.39, 0.29) is 23.7 Å². The fourth-order valence-electron chi connectivity index (χ4n) is 3.29. The van der Waals surface area contributed by atoms with E-state index >= 15 is 0 Å². The molecule has 9 heteroatoms. The van der Waals surface area contributed by atoms with Crippen LogP contribution in [0.3, 0.4) is 0 Å². The highest BCUT2D eigenvalue weighted by Crippen LogP contribution is 2.25. The van der Waals surface area contributed by atoms with Crippen molar-refractivity contribution in [2.75, 3.05) is 31.6 Å². The van der Waals surface area contributed by atoms with Gasteiger partial charge in [0.15, 0.2) is 0 Å². The van der Waals surface area contributed by atoms with Crippen molar-refractivity contribution in [2.45, 2.75) is 24.7 Å². The zero-order valence-electron chi connectivity index (χ0n) is 15.1. The van der Waals surface area contributed by atoms with Crippen LogP contribution >= 0.6 is 0 Å². The second-order valence-electron chi connectivity index (χ2n) is 6.84. The van der Waals surface area contributed by atoms with Gasteiger partial charge in [-0.15, -0.1) is 0 Å². The first kappa shape index (κ1) is 19.5. The molecule has 2 aliphatic heterocycles. The van der Waals surface area contributed by atoms with Crippen LogP contribution in [0, 0.1) is 5.92 Å². The third-order valence-electron chi connectivity index (χ3n) is 4.72. The number of carbonyl (C=O) groups is 2. The van der Waals surface area contributed by atoms with Crippen molar-refractivity contribution in [3.63, 3.8) is 0 Å². The van der Waals surface area contributed by atoms with Gasteiger partial charge >= 0.3 is 0 Å². The van der Waals surface area contributed by atoms with Crippen LogP contribution < -0.4 is 5.32 Å². The number of imide groups is 1. The van der Waals surface area contributed by atoms with E-state index in [1.54, 1.807) is 12.1 Å². The lowest BCUT2D eigenvalue weighted by atomic mass is 10.0. The molecule has 1 unspecified atom stereocenters. The minimum Gasteiger partial charge on any atom is -0.395 e. The molecule has 0 radical (unpaired) electrons. The lowest BCUT2D eigenvalue weighted by molar-refractivity contribution is -0.137. The van der Waals surface area contributed by atoms with Gasteiger partial charge in [0, 0.05) is 24.9 Å². The number of hydrogen-bond donors (Lipinski definition) is 2. The Bertz CT molecular complexity index is 863. The minimum absolute atomic E-state index is 0.0647. The van der Waals surface area contributed by atoms with Crippen LogP contribution in [0.5, 0.6) is 0 Å². The molecule has 27 heavy (non-hydrogen) atoms. The first-order valence-corrected chi connectivity index (χ1v) is 10.3. The Morgan fingerprint density at radius 2 is 1.93 bits per heavy atom. The number of carbonyl (C=O) groups excluding carboxylic acids is 2. The van der Waals surface area contributed by atoms with E-state index in [1.807, 2.05) is 6.92 Å². The quantitative estimate of drug-likeness (QED) is 0.691. The number of hydrogen-bond acceptors (Lipinski definition) is 6. The topological polar surface area (TPSA) is 107 Å². The number of sulfonamides is 1. The summed E-state index contributed by atoms with van der Waals surface area (Å²) in [6.45, 7) is 2.72. The lowest BCUT2D eigenvalue weighted by Gasteiger charge is -2.30. The Hall–Kier alpha value is -2.23. The Labute approximate surface area is 158 Å². The average Bonchev–Trinajstić information content (AvgIpc) is 2.90. The normalized spacial score (nSPS) is 21.5. The van der Waals surface area contributed by atoms with Crippen LogP contribution in [0.2, 0.25) is 0 Å². The van der Waals surface area contributed by atoms with Gasteiger partial charge in [-0.25, -0.2) is 8.42 Å². The standard InChI is InChI=1S/C18H23N3O5S/c1-13-3-2-8-20(12-13)27(25,26)15-6-4-14(5-7-15)19-16-11-17(23)21(9-10-22)18(16)24/h4-7,11,13,19,22H,2-3,8-10,12H2,1H3. The number of piperidine rings is 1. The Morgan fingerprint density at radius 1 is 1.22 bits per heavy atom. The average molecular weight is 393 g/mol. The lowest BCUT2D eigenvalue weighted by Crippen LogP contribution is -2.39. The number of aliphatic hydroxyl groups excluding tert-OH is 1. The van der Waals surface area contributed by atoms with Crippen LogP contribution in [-0.2, 0) is 19.6 Å². The summed E-state index contributed by atoms with van der Waals surface area (Å²) in [6, 6.07) is 6.11. The van der Waals surface area contributed by atoms with E-state index in [9.17, 15) is 18.0 Å². The molecule has 2 N–H and O–H groups in total. The number of β-amino-alcohol motifs (C(OH)–C–C–N with tert-alkyl or cyclic N) is 1. The summed E-state index contributed by atoms with van der Waals surface area (Å²) in [5.74, 6) is -0.669. The van der Waals surface area contributed by atoms with Gasteiger partial charge in [-0.1, -0.05) is 6.92 Å². The molecule has 1 aromatic carbocycles. The molecule has 0 saturated carbocycles. The summed E-state index contributed by atoms with van der Waals surface area (Å²) < 4.78 is 27.0. The molecule has 0 aromatic heterocycles. The van der Waals surface area contributed by atoms with Crippen molar-refractivity contribution >= 4 is 27.5 Å². The van der Waals surface area contributed by atoms with Gasteiger partial charge in [-0.2, -0.15) is 4.31 Å². The van der Waals surface area contributed by atoms with Crippen molar-refractivity contribution < 1.29 is 23.1 Å². The van der Waals surface area contributed by atoms with Crippen molar-refractivity contribution in [1.29, 1.82) is 0 Å². The van der Waals surface area contributed by atoms with Crippen LogP contribution in [0.25, 0.3) is 0 Å². The molecule has 1 aromatic rings. The highest BCUT2D eigenvalue weighted by molar-refractivity contribution is 7.89. The second-order valence-corrected chi connectivity index (χ2v) is 8.77. The summed E-state index contributed by atoms with van der Waals surface area (Å²) in [6.07, 6.45) is 3.05. The maximum Gasteiger partial charge on any atom is 0.277 e. The van der Waals surface area contributed by atoms with Crippen LogP contribution in [0.4, 0.5) is 5.69 Å². The minimum atomic E-state index is -3.54. The predicted molar refractivity (Wildman–Crippen MR) is 99.1 cm³/mol. The molecular weight excluding hydrogens is 370 g/mol. The molecule has 0 spiro atoms. The van der Waals surface area contributed by atoms with E-state index in [1.165, 1.54) is 16.4 Å². The fourth-order valence-corrected chi connectivity index (χ4v) is 4.89. The maximum absolute atomic E-state index is 12.8.